The molecule has 0 radical (unpaired) electrons. The number of alkyl halides is 3. The molecule has 7 nitrogen and oxygen atoms in total. The van der Waals surface area contributed by atoms with Crippen LogP contribution in [0, 0.1) is 0 Å². The lowest BCUT2D eigenvalue weighted by Gasteiger charge is -2.12. The Bertz CT molecular complexity index is 861. The number of aromatic nitrogens is 1. The zero-order valence-corrected chi connectivity index (χ0v) is 20.2. The van der Waals surface area contributed by atoms with E-state index >= 15 is 0 Å². The SMILES string of the molecule is CCNC(=O)COc1cccc(CNC(=NC)NCCc2nc(C(F)(F)F)cs2)c1.I. The van der Waals surface area contributed by atoms with E-state index in [1.165, 1.54) is 0 Å². The number of amides is 1. The number of hydrogen-bond donors (Lipinski definition) is 3. The Morgan fingerprint density at radius 3 is 2.68 bits per heavy atom. The molecule has 0 atom stereocenters. The number of hydrogen-bond acceptors (Lipinski definition) is 5. The molecule has 0 aliphatic rings. The van der Waals surface area contributed by atoms with Crippen LogP contribution in [0.5, 0.6) is 5.75 Å². The molecule has 31 heavy (non-hydrogen) atoms. The number of benzene rings is 1. The molecular weight excluding hydrogens is 546 g/mol. The largest absolute Gasteiger partial charge is 0.484 e. The second-order valence-electron chi connectivity index (χ2n) is 6.12. The summed E-state index contributed by atoms with van der Waals surface area (Å²) in [5, 5.41) is 10.2. The maximum Gasteiger partial charge on any atom is 0.434 e. The van der Waals surface area contributed by atoms with Gasteiger partial charge < -0.3 is 20.7 Å². The minimum absolute atomic E-state index is 0. The van der Waals surface area contributed by atoms with Crippen molar-refractivity contribution in [2.75, 3.05) is 26.7 Å². The van der Waals surface area contributed by atoms with Gasteiger partial charge in [-0.2, -0.15) is 13.2 Å². The van der Waals surface area contributed by atoms with Crippen LogP contribution >= 0.6 is 35.3 Å². The summed E-state index contributed by atoms with van der Waals surface area (Å²) < 4.78 is 43.2. The van der Waals surface area contributed by atoms with E-state index < -0.39 is 11.9 Å². The number of carbonyl (C=O) groups is 1. The van der Waals surface area contributed by atoms with Crippen LogP contribution in [0.1, 0.15) is 23.2 Å². The molecule has 0 saturated carbocycles. The van der Waals surface area contributed by atoms with Crippen molar-refractivity contribution < 1.29 is 22.7 Å². The number of rotatable bonds is 9. The first kappa shape index (κ1) is 26.9. The van der Waals surface area contributed by atoms with Crippen molar-refractivity contribution in [2.45, 2.75) is 26.1 Å². The number of ether oxygens (including phenoxy) is 1. The lowest BCUT2D eigenvalue weighted by atomic mass is 10.2. The van der Waals surface area contributed by atoms with E-state index in [-0.39, 0.29) is 36.5 Å². The topological polar surface area (TPSA) is 87.6 Å². The van der Waals surface area contributed by atoms with Crippen molar-refractivity contribution >= 4 is 47.2 Å². The lowest BCUT2D eigenvalue weighted by molar-refractivity contribution is -0.140. The quantitative estimate of drug-likeness (QED) is 0.245. The number of nitrogens with one attached hydrogen (secondary N) is 3. The zero-order valence-electron chi connectivity index (χ0n) is 17.1. The van der Waals surface area contributed by atoms with Crippen molar-refractivity contribution in [3.63, 3.8) is 0 Å². The minimum Gasteiger partial charge on any atom is -0.484 e. The molecule has 1 amide bonds. The molecule has 0 spiro atoms. The highest BCUT2D eigenvalue weighted by atomic mass is 127. The third-order valence-electron chi connectivity index (χ3n) is 3.80. The Morgan fingerprint density at radius 2 is 2.03 bits per heavy atom. The van der Waals surface area contributed by atoms with E-state index in [4.69, 9.17) is 4.74 Å². The summed E-state index contributed by atoms with van der Waals surface area (Å²) in [7, 11) is 1.60. The summed E-state index contributed by atoms with van der Waals surface area (Å²) in [6.07, 6.45) is -4.07. The fraction of sp³-hybridized carbons (Fsp3) is 0.421. The fourth-order valence-corrected chi connectivity index (χ4v) is 3.20. The number of thiazole rings is 1. The molecule has 1 heterocycles. The number of aliphatic imine (C=N–C) groups is 1. The normalized spacial score (nSPS) is 11.5. The molecule has 0 unspecified atom stereocenters. The lowest BCUT2D eigenvalue weighted by Crippen LogP contribution is -2.37. The van der Waals surface area contributed by atoms with Crippen molar-refractivity contribution in [2.24, 2.45) is 4.99 Å². The van der Waals surface area contributed by atoms with Crippen molar-refractivity contribution in [3.05, 3.63) is 45.9 Å². The number of likely N-dealkylation sites (N-methyl/N-ethyl adjacent to an activating group) is 1. The Hall–Kier alpha value is -2.09. The Labute approximate surface area is 199 Å². The molecule has 2 rings (SSSR count). The van der Waals surface area contributed by atoms with Gasteiger partial charge in [-0.15, -0.1) is 35.3 Å². The predicted molar refractivity (Wildman–Crippen MR) is 125 cm³/mol. The molecule has 1 aromatic heterocycles. The summed E-state index contributed by atoms with van der Waals surface area (Å²) >= 11 is 0.983. The summed E-state index contributed by atoms with van der Waals surface area (Å²) in [5.74, 6) is 0.900. The monoisotopic (exact) mass is 571 g/mol. The van der Waals surface area contributed by atoms with Gasteiger partial charge in [0, 0.05) is 38.5 Å². The molecule has 172 valence electrons. The Kier molecular flexibility index (Phi) is 11.6. The van der Waals surface area contributed by atoms with Gasteiger partial charge in [-0.25, -0.2) is 4.98 Å². The molecule has 0 aliphatic heterocycles. The van der Waals surface area contributed by atoms with Crippen LogP contribution in [0.15, 0.2) is 34.6 Å². The molecule has 0 aliphatic carbocycles. The van der Waals surface area contributed by atoms with Crippen LogP contribution in [0.3, 0.4) is 0 Å². The van der Waals surface area contributed by atoms with Crippen LogP contribution in [-0.4, -0.2) is 43.6 Å². The summed E-state index contributed by atoms with van der Waals surface area (Å²) in [5.41, 5.74) is 0.0559. The van der Waals surface area contributed by atoms with Gasteiger partial charge in [0.15, 0.2) is 18.3 Å². The highest BCUT2D eigenvalue weighted by molar-refractivity contribution is 14.0. The van der Waals surface area contributed by atoms with Crippen LogP contribution in [0.25, 0.3) is 0 Å². The van der Waals surface area contributed by atoms with E-state index in [1.54, 1.807) is 13.1 Å². The van der Waals surface area contributed by atoms with Crippen molar-refractivity contribution in [3.8, 4) is 5.75 Å². The van der Waals surface area contributed by atoms with E-state index in [2.05, 4.69) is 25.9 Å². The maximum atomic E-state index is 12.6. The van der Waals surface area contributed by atoms with Crippen LogP contribution in [0.2, 0.25) is 0 Å². The summed E-state index contributed by atoms with van der Waals surface area (Å²) in [6.45, 7) is 3.17. The molecule has 3 N–H and O–H groups in total. The van der Waals surface area contributed by atoms with Crippen molar-refractivity contribution in [1.82, 2.24) is 20.9 Å². The molecule has 1 aromatic carbocycles. The summed E-state index contributed by atoms with van der Waals surface area (Å²) in [6, 6.07) is 7.29. The third kappa shape index (κ3) is 9.72. The van der Waals surface area contributed by atoms with Crippen LogP contribution < -0.4 is 20.7 Å². The van der Waals surface area contributed by atoms with E-state index in [0.717, 1.165) is 22.3 Å². The first-order valence-electron chi connectivity index (χ1n) is 9.26. The number of guanidine groups is 1. The molecule has 2 aromatic rings. The summed E-state index contributed by atoms with van der Waals surface area (Å²) in [4.78, 5) is 19.2. The van der Waals surface area contributed by atoms with Gasteiger partial charge >= 0.3 is 6.18 Å². The highest BCUT2D eigenvalue weighted by Crippen LogP contribution is 2.30. The van der Waals surface area contributed by atoms with Gasteiger partial charge in [-0.1, -0.05) is 12.1 Å². The standard InChI is InChI=1S/C19H24F3N5O2S.HI/c1-3-24-16(28)11-29-14-6-4-5-13(9-14)10-26-18(23-2)25-8-7-17-27-15(12-30-17)19(20,21)22;/h4-6,9,12H,3,7-8,10-11H2,1-2H3,(H,24,28)(H2,23,25,26);1H. The second kappa shape index (κ2) is 13.3. The third-order valence-corrected chi connectivity index (χ3v) is 4.71. The molecule has 0 bridgehead atoms. The number of halogens is 4. The van der Waals surface area contributed by atoms with Crippen LogP contribution in [-0.2, 0) is 23.9 Å². The minimum atomic E-state index is -4.42. The van der Waals surface area contributed by atoms with E-state index in [1.807, 2.05) is 25.1 Å². The van der Waals surface area contributed by atoms with E-state index in [9.17, 15) is 18.0 Å². The molecular formula is C19H25F3IN5O2S. The predicted octanol–water partition coefficient (Wildman–Crippen LogP) is 3.20. The van der Waals surface area contributed by atoms with Crippen molar-refractivity contribution in [1.29, 1.82) is 0 Å². The zero-order chi connectivity index (χ0) is 22.0. The Morgan fingerprint density at radius 1 is 1.26 bits per heavy atom. The van der Waals surface area contributed by atoms with Gasteiger partial charge in [0.05, 0.1) is 5.01 Å². The number of carbonyl (C=O) groups excluding carboxylic acids is 1. The molecule has 0 fully saturated rings. The fourth-order valence-electron chi connectivity index (χ4n) is 2.39. The van der Waals surface area contributed by atoms with Gasteiger partial charge in [-0.05, 0) is 24.6 Å². The first-order chi connectivity index (χ1) is 14.3. The maximum absolute atomic E-state index is 12.6. The van der Waals surface area contributed by atoms with Gasteiger partial charge in [0.25, 0.3) is 5.91 Å². The van der Waals surface area contributed by atoms with Gasteiger partial charge in [-0.3, -0.25) is 9.79 Å². The smallest absolute Gasteiger partial charge is 0.434 e. The second-order valence-corrected chi connectivity index (χ2v) is 7.06. The highest BCUT2D eigenvalue weighted by Gasteiger charge is 2.33. The van der Waals surface area contributed by atoms with Crippen LogP contribution in [0.4, 0.5) is 13.2 Å². The van der Waals surface area contributed by atoms with Gasteiger partial charge in [0.1, 0.15) is 5.75 Å². The van der Waals surface area contributed by atoms with E-state index in [0.29, 0.717) is 42.8 Å². The average Bonchev–Trinajstić information content (AvgIpc) is 3.19. The van der Waals surface area contributed by atoms with Gasteiger partial charge in [0.2, 0.25) is 0 Å². The number of nitrogens with zero attached hydrogens (tertiary/aromatic N) is 2. The average molecular weight is 571 g/mol. The molecule has 0 saturated heterocycles. The Balaban J connectivity index is 0.00000480. The molecule has 12 heteroatoms. The first-order valence-corrected chi connectivity index (χ1v) is 10.1.